The molecule has 0 saturated heterocycles. The second-order valence-corrected chi connectivity index (χ2v) is 4.27. The monoisotopic (exact) mass is 287 g/mol. The summed E-state index contributed by atoms with van der Waals surface area (Å²) in [5.41, 5.74) is 5.54. The number of aryl methyl sites for hydroxylation is 1. The summed E-state index contributed by atoms with van der Waals surface area (Å²) in [6.07, 6.45) is 0. The third-order valence-corrected chi connectivity index (χ3v) is 2.99. The lowest BCUT2D eigenvalue weighted by molar-refractivity contribution is -0.146. The van der Waals surface area contributed by atoms with E-state index in [4.69, 9.17) is 10.8 Å². The zero-order valence-electron chi connectivity index (χ0n) is 10.3. The van der Waals surface area contributed by atoms with Crippen LogP contribution in [-0.4, -0.2) is 40.0 Å². The van der Waals surface area contributed by atoms with Gasteiger partial charge in [-0.25, -0.2) is 9.59 Å². The lowest BCUT2D eigenvalue weighted by atomic mass is 10.2. The van der Waals surface area contributed by atoms with Gasteiger partial charge in [0.2, 0.25) is 0 Å². The van der Waals surface area contributed by atoms with Crippen LogP contribution in [0.15, 0.2) is 0 Å². The maximum Gasteiger partial charge on any atom is 0.340 e. The van der Waals surface area contributed by atoms with Crippen LogP contribution in [0.5, 0.6) is 0 Å². The number of hydrogen-bond acceptors (Lipinski definition) is 7. The van der Waals surface area contributed by atoms with Gasteiger partial charge in [-0.2, -0.15) is 4.37 Å². The number of ether oxygens (including phenoxy) is 1. The SMILES string of the molecule is CCOC(=O)C(N)C(=O)Nc1snc(C)c1C(=O)O. The number of esters is 1. The molecule has 0 aliphatic carbocycles. The maximum absolute atomic E-state index is 11.7. The highest BCUT2D eigenvalue weighted by molar-refractivity contribution is 7.11. The van der Waals surface area contributed by atoms with Gasteiger partial charge in [0.25, 0.3) is 5.91 Å². The number of carbonyl (C=O) groups is 3. The first-order chi connectivity index (χ1) is 8.88. The minimum atomic E-state index is -1.51. The Kier molecular flexibility index (Phi) is 4.95. The first kappa shape index (κ1) is 15.1. The van der Waals surface area contributed by atoms with Crippen LogP contribution in [0.4, 0.5) is 5.00 Å². The van der Waals surface area contributed by atoms with E-state index in [2.05, 4.69) is 14.4 Å². The molecule has 1 atom stereocenters. The second kappa shape index (κ2) is 6.25. The van der Waals surface area contributed by atoms with Gasteiger partial charge < -0.3 is 20.9 Å². The molecule has 19 heavy (non-hydrogen) atoms. The zero-order chi connectivity index (χ0) is 14.6. The maximum atomic E-state index is 11.7. The van der Waals surface area contributed by atoms with Crippen LogP contribution in [0.3, 0.4) is 0 Å². The molecule has 0 saturated carbocycles. The van der Waals surface area contributed by atoms with E-state index in [9.17, 15) is 14.4 Å². The van der Waals surface area contributed by atoms with Crippen LogP contribution in [0.25, 0.3) is 0 Å². The fourth-order valence-electron chi connectivity index (χ4n) is 1.24. The third-order valence-electron chi connectivity index (χ3n) is 2.14. The van der Waals surface area contributed by atoms with E-state index >= 15 is 0 Å². The summed E-state index contributed by atoms with van der Waals surface area (Å²) in [5.74, 6) is -2.94. The molecule has 0 fully saturated rings. The van der Waals surface area contributed by atoms with Gasteiger partial charge >= 0.3 is 11.9 Å². The van der Waals surface area contributed by atoms with Crippen molar-refractivity contribution in [3.05, 3.63) is 11.3 Å². The lowest BCUT2D eigenvalue weighted by Gasteiger charge is -2.10. The summed E-state index contributed by atoms with van der Waals surface area (Å²) >= 11 is 0.805. The van der Waals surface area contributed by atoms with E-state index in [0.717, 1.165) is 11.5 Å². The summed E-state index contributed by atoms with van der Waals surface area (Å²) in [4.78, 5) is 33.9. The standard InChI is InChI=1S/C10H13N3O5S/c1-3-18-10(17)6(11)7(14)12-8-5(9(15)16)4(2)13-19-8/h6H,3,11H2,1-2H3,(H,12,14)(H,15,16). The third kappa shape index (κ3) is 3.48. The molecule has 0 spiro atoms. The van der Waals surface area contributed by atoms with Crippen molar-refractivity contribution in [3.8, 4) is 0 Å². The Labute approximate surface area is 112 Å². The molecule has 8 nitrogen and oxygen atoms in total. The Morgan fingerprint density at radius 3 is 2.68 bits per heavy atom. The predicted octanol–water partition coefficient (Wildman–Crippen LogP) is -0.0214. The normalized spacial score (nSPS) is 11.7. The topological polar surface area (TPSA) is 132 Å². The van der Waals surface area contributed by atoms with E-state index in [1.165, 1.54) is 6.92 Å². The highest BCUT2D eigenvalue weighted by Gasteiger charge is 2.26. The van der Waals surface area contributed by atoms with Crippen molar-refractivity contribution in [2.45, 2.75) is 19.9 Å². The van der Waals surface area contributed by atoms with Gasteiger partial charge in [0.1, 0.15) is 10.6 Å². The van der Waals surface area contributed by atoms with Crippen LogP contribution in [-0.2, 0) is 14.3 Å². The molecule has 0 radical (unpaired) electrons. The fourth-order valence-corrected chi connectivity index (χ4v) is 2.03. The number of rotatable bonds is 5. The summed E-state index contributed by atoms with van der Waals surface area (Å²) in [5, 5.41) is 11.3. The molecule has 0 aliphatic rings. The van der Waals surface area contributed by atoms with E-state index in [-0.39, 0.29) is 22.9 Å². The molecule has 1 heterocycles. The summed E-state index contributed by atoms with van der Waals surface area (Å²) < 4.78 is 8.41. The van der Waals surface area contributed by atoms with E-state index in [1.807, 2.05) is 0 Å². The highest BCUT2D eigenvalue weighted by Crippen LogP contribution is 2.24. The van der Waals surface area contributed by atoms with E-state index in [1.54, 1.807) is 6.92 Å². The van der Waals surface area contributed by atoms with Crippen molar-refractivity contribution < 1.29 is 24.2 Å². The van der Waals surface area contributed by atoms with Crippen molar-refractivity contribution in [3.63, 3.8) is 0 Å². The number of aromatic nitrogens is 1. The number of hydrogen-bond donors (Lipinski definition) is 3. The van der Waals surface area contributed by atoms with Gasteiger partial charge in [0.05, 0.1) is 12.3 Å². The number of aromatic carboxylic acids is 1. The molecule has 0 bridgehead atoms. The van der Waals surface area contributed by atoms with Gasteiger partial charge in [-0.15, -0.1) is 0 Å². The minimum Gasteiger partial charge on any atom is -0.478 e. The molecule has 0 aliphatic heterocycles. The Morgan fingerprint density at radius 2 is 2.16 bits per heavy atom. The van der Waals surface area contributed by atoms with Crippen LogP contribution in [0.1, 0.15) is 23.0 Å². The largest absolute Gasteiger partial charge is 0.478 e. The van der Waals surface area contributed by atoms with Crippen LogP contribution < -0.4 is 11.1 Å². The number of carboxylic acids is 1. The Bertz CT molecular complexity index is 513. The number of nitrogens with zero attached hydrogens (tertiary/aromatic N) is 1. The predicted molar refractivity (Wildman–Crippen MR) is 67.0 cm³/mol. The number of anilines is 1. The Morgan fingerprint density at radius 1 is 1.53 bits per heavy atom. The average Bonchev–Trinajstić information content (AvgIpc) is 2.69. The quantitative estimate of drug-likeness (QED) is 0.512. The summed E-state index contributed by atoms with van der Waals surface area (Å²) in [6.45, 7) is 3.18. The molecule has 1 aromatic heterocycles. The van der Waals surface area contributed by atoms with Crippen molar-refractivity contribution in [2.24, 2.45) is 5.73 Å². The molecule has 1 amide bonds. The van der Waals surface area contributed by atoms with E-state index < -0.39 is 23.9 Å². The van der Waals surface area contributed by atoms with E-state index in [0.29, 0.717) is 0 Å². The number of carboxylic acid groups (broad SMARTS) is 1. The van der Waals surface area contributed by atoms with Crippen molar-refractivity contribution >= 4 is 34.4 Å². The number of nitrogens with two attached hydrogens (primary N) is 1. The lowest BCUT2D eigenvalue weighted by Crippen LogP contribution is -2.43. The first-order valence-corrected chi connectivity index (χ1v) is 6.08. The number of nitrogens with one attached hydrogen (secondary N) is 1. The molecule has 1 unspecified atom stereocenters. The zero-order valence-corrected chi connectivity index (χ0v) is 11.1. The smallest absolute Gasteiger partial charge is 0.340 e. The fraction of sp³-hybridized carbons (Fsp3) is 0.400. The minimum absolute atomic E-state index is 0.0368. The van der Waals surface area contributed by atoms with Gasteiger partial charge in [-0.3, -0.25) is 4.79 Å². The average molecular weight is 287 g/mol. The molecule has 9 heteroatoms. The number of amides is 1. The molecule has 1 aromatic rings. The molecule has 1 rings (SSSR count). The molecular weight excluding hydrogens is 274 g/mol. The van der Waals surface area contributed by atoms with Gasteiger partial charge in [0, 0.05) is 0 Å². The molecule has 104 valence electrons. The summed E-state index contributed by atoms with van der Waals surface area (Å²) in [6, 6.07) is -1.51. The number of carbonyl (C=O) groups excluding carboxylic acids is 2. The Hall–Kier alpha value is -2.00. The van der Waals surface area contributed by atoms with Crippen molar-refractivity contribution in [1.82, 2.24) is 4.37 Å². The van der Waals surface area contributed by atoms with Crippen molar-refractivity contribution in [2.75, 3.05) is 11.9 Å². The second-order valence-electron chi connectivity index (χ2n) is 3.50. The molecule has 4 N–H and O–H groups in total. The van der Waals surface area contributed by atoms with Gasteiger partial charge in [-0.1, -0.05) is 0 Å². The first-order valence-electron chi connectivity index (χ1n) is 5.31. The van der Waals surface area contributed by atoms with Gasteiger partial charge in [-0.05, 0) is 25.4 Å². The molecular formula is C10H13N3O5S. The Balaban J connectivity index is 2.83. The summed E-state index contributed by atoms with van der Waals surface area (Å²) in [7, 11) is 0. The highest BCUT2D eigenvalue weighted by atomic mass is 32.1. The van der Waals surface area contributed by atoms with Crippen LogP contribution in [0.2, 0.25) is 0 Å². The van der Waals surface area contributed by atoms with Crippen molar-refractivity contribution in [1.29, 1.82) is 0 Å². The van der Waals surface area contributed by atoms with Crippen LogP contribution in [0, 0.1) is 6.92 Å². The molecule has 0 aromatic carbocycles. The van der Waals surface area contributed by atoms with Gasteiger partial charge in [0.15, 0.2) is 6.04 Å². The van der Waals surface area contributed by atoms with Crippen LogP contribution >= 0.6 is 11.5 Å².